The Labute approximate surface area is 214 Å². The summed E-state index contributed by atoms with van der Waals surface area (Å²) in [7, 11) is 0. The number of aryl methyl sites for hydroxylation is 1. The van der Waals surface area contributed by atoms with Gasteiger partial charge in [0.1, 0.15) is 17.8 Å². The molecule has 10 heteroatoms. The van der Waals surface area contributed by atoms with Crippen molar-refractivity contribution >= 4 is 63.2 Å². The van der Waals surface area contributed by atoms with E-state index >= 15 is 0 Å². The second-order valence-corrected chi connectivity index (χ2v) is 10.4. The van der Waals surface area contributed by atoms with Gasteiger partial charge in [0, 0.05) is 64.6 Å². The minimum atomic E-state index is 0.00443. The van der Waals surface area contributed by atoms with Crippen LogP contribution in [-0.4, -0.2) is 47.8 Å². The lowest BCUT2D eigenvalue weighted by Crippen LogP contribution is -2.37. The highest BCUT2D eigenvalue weighted by Crippen LogP contribution is 2.29. The number of rotatable bonds is 7. The van der Waals surface area contributed by atoms with Gasteiger partial charge < -0.3 is 9.73 Å². The molecule has 4 aromatic rings. The number of nitrogens with zero attached hydrogens (tertiary/aromatic N) is 4. The molecule has 1 aliphatic heterocycles. The van der Waals surface area contributed by atoms with Crippen molar-refractivity contribution in [2.45, 2.75) is 18.9 Å². The highest BCUT2D eigenvalue weighted by molar-refractivity contribution is 14.1. The van der Waals surface area contributed by atoms with Crippen molar-refractivity contribution in [3.05, 3.63) is 65.6 Å². The highest BCUT2D eigenvalue weighted by atomic mass is 127. The number of para-hydroxylation sites is 2. The Morgan fingerprint density at radius 1 is 1.24 bits per heavy atom. The average molecular weight is 594 g/mol. The van der Waals surface area contributed by atoms with Crippen LogP contribution in [0.5, 0.6) is 0 Å². The fraction of sp³-hybridized carbons (Fsp3) is 0.261. The molecule has 33 heavy (non-hydrogen) atoms. The number of carbonyl (C=O) groups is 1. The van der Waals surface area contributed by atoms with E-state index in [-0.39, 0.29) is 5.91 Å². The number of fused-ring (bicyclic) bond motifs is 1. The maximum atomic E-state index is 12.5. The second kappa shape index (κ2) is 10.0. The van der Waals surface area contributed by atoms with Gasteiger partial charge in [-0.2, -0.15) is 4.98 Å². The Morgan fingerprint density at radius 2 is 2.06 bits per heavy atom. The summed E-state index contributed by atoms with van der Waals surface area (Å²) < 4.78 is 10.2. The van der Waals surface area contributed by atoms with Crippen molar-refractivity contribution < 1.29 is 9.21 Å². The molecule has 1 fully saturated rings. The third kappa shape index (κ3) is 5.06. The number of hydrogen-bond acceptors (Lipinski definition) is 6. The van der Waals surface area contributed by atoms with Crippen LogP contribution in [0.25, 0.3) is 28.3 Å². The Hall–Kier alpha value is -2.08. The van der Waals surface area contributed by atoms with Crippen molar-refractivity contribution in [2.75, 3.05) is 18.2 Å². The van der Waals surface area contributed by atoms with E-state index in [0.29, 0.717) is 47.9 Å². The SMILES string of the molecule is O=C(CCc1oc(-n2cnc3ccccc32)nc1-c1ccc(Cl)cc1)NCC1CSCN1I. The highest BCUT2D eigenvalue weighted by Gasteiger charge is 2.24. The molecule has 0 radical (unpaired) electrons. The van der Waals surface area contributed by atoms with Crippen LogP contribution in [0.3, 0.4) is 0 Å². The first-order valence-corrected chi connectivity index (χ1v) is 13.0. The molecule has 2 aromatic carbocycles. The molecular weight excluding hydrogens is 573 g/mol. The monoisotopic (exact) mass is 593 g/mol. The molecule has 0 bridgehead atoms. The van der Waals surface area contributed by atoms with Crippen LogP contribution in [-0.2, 0) is 11.2 Å². The molecule has 2 aromatic heterocycles. The van der Waals surface area contributed by atoms with Gasteiger partial charge in [0.15, 0.2) is 0 Å². The molecule has 1 atom stereocenters. The standard InChI is InChI=1S/C23H21ClIN5O2S/c24-16-7-5-15(6-8-16)22-20(9-10-21(31)26-11-17-12-33-14-30(17)25)32-23(28-22)29-13-27-18-3-1-2-4-19(18)29/h1-8,13,17H,9-12,14H2,(H,26,31). The van der Waals surface area contributed by atoms with Gasteiger partial charge in [0.2, 0.25) is 5.91 Å². The van der Waals surface area contributed by atoms with Crippen molar-refractivity contribution in [1.29, 1.82) is 0 Å². The number of imidazole rings is 1. The van der Waals surface area contributed by atoms with Gasteiger partial charge in [-0.05, 0) is 24.3 Å². The lowest BCUT2D eigenvalue weighted by Gasteiger charge is -2.16. The van der Waals surface area contributed by atoms with E-state index in [4.69, 9.17) is 21.0 Å². The van der Waals surface area contributed by atoms with Crippen molar-refractivity contribution in [3.8, 4) is 17.3 Å². The molecule has 3 heterocycles. The van der Waals surface area contributed by atoms with Gasteiger partial charge in [-0.3, -0.25) is 9.36 Å². The van der Waals surface area contributed by atoms with Crippen LogP contribution in [0, 0.1) is 0 Å². The Balaban J connectivity index is 1.38. The predicted octanol–water partition coefficient (Wildman–Crippen LogP) is 5.11. The molecule has 170 valence electrons. The van der Waals surface area contributed by atoms with Gasteiger partial charge in [-0.15, -0.1) is 11.8 Å². The second-order valence-electron chi connectivity index (χ2n) is 7.74. The number of amides is 1. The first-order chi connectivity index (χ1) is 16.1. The summed E-state index contributed by atoms with van der Waals surface area (Å²) in [6, 6.07) is 16.1. The summed E-state index contributed by atoms with van der Waals surface area (Å²) in [5.74, 6) is 2.70. The van der Waals surface area contributed by atoms with Crippen molar-refractivity contribution in [2.24, 2.45) is 0 Å². The lowest BCUT2D eigenvalue weighted by molar-refractivity contribution is -0.121. The van der Waals surface area contributed by atoms with Crippen LogP contribution in [0.4, 0.5) is 0 Å². The zero-order chi connectivity index (χ0) is 22.8. The molecule has 1 aliphatic rings. The van der Waals surface area contributed by atoms with Crippen LogP contribution >= 0.6 is 46.2 Å². The van der Waals surface area contributed by atoms with E-state index in [1.807, 2.05) is 64.9 Å². The van der Waals surface area contributed by atoms with Gasteiger partial charge >= 0.3 is 6.01 Å². The summed E-state index contributed by atoms with van der Waals surface area (Å²) in [6.07, 6.45) is 2.46. The van der Waals surface area contributed by atoms with E-state index in [0.717, 1.165) is 28.2 Å². The number of hydrogen-bond donors (Lipinski definition) is 1. The van der Waals surface area contributed by atoms with Gasteiger partial charge in [0.05, 0.1) is 16.9 Å². The smallest absolute Gasteiger partial charge is 0.308 e. The molecular formula is C23H21ClIN5O2S. The summed E-state index contributed by atoms with van der Waals surface area (Å²) in [6.45, 7) is 0.654. The first-order valence-electron chi connectivity index (χ1n) is 10.5. The minimum absolute atomic E-state index is 0.00443. The van der Waals surface area contributed by atoms with Gasteiger partial charge in [0.25, 0.3) is 0 Å². The van der Waals surface area contributed by atoms with E-state index in [1.54, 1.807) is 6.33 Å². The molecule has 0 saturated carbocycles. The minimum Gasteiger partial charge on any atom is -0.427 e. The zero-order valence-electron chi connectivity index (χ0n) is 17.6. The van der Waals surface area contributed by atoms with Crippen molar-refractivity contribution in [1.82, 2.24) is 23.0 Å². The number of nitrogens with one attached hydrogen (secondary N) is 1. The molecule has 0 aliphatic carbocycles. The third-order valence-corrected chi connectivity index (χ3v) is 8.42. The van der Waals surface area contributed by atoms with Crippen LogP contribution < -0.4 is 5.32 Å². The number of aromatic nitrogens is 3. The molecule has 7 nitrogen and oxygen atoms in total. The third-order valence-electron chi connectivity index (χ3n) is 5.50. The number of thioether (sulfide) groups is 1. The summed E-state index contributed by atoms with van der Waals surface area (Å²) in [4.78, 5) is 21.8. The molecule has 1 saturated heterocycles. The van der Waals surface area contributed by atoms with Crippen LogP contribution in [0.1, 0.15) is 12.2 Å². The summed E-state index contributed by atoms with van der Waals surface area (Å²) >= 11 is 10.3. The number of carbonyl (C=O) groups excluding carboxylic acids is 1. The molecule has 0 spiro atoms. The maximum Gasteiger partial charge on any atom is 0.308 e. The lowest BCUT2D eigenvalue weighted by atomic mass is 10.1. The van der Waals surface area contributed by atoms with E-state index in [1.165, 1.54) is 0 Å². The van der Waals surface area contributed by atoms with E-state index in [9.17, 15) is 4.79 Å². The first kappa shape index (κ1) is 22.7. The largest absolute Gasteiger partial charge is 0.427 e. The van der Waals surface area contributed by atoms with E-state index < -0.39 is 0 Å². The maximum absolute atomic E-state index is 12.5. The predicted molar refractivity (Wildman–Crippen MR) is 140 cm³/mol. The topological polar surface area (TPSA) is 76.2 Å². The molecule has 1 unspecified atom stereocenters. The Bertz CT molecular complexity index is 1280. The van der Waals surface area contributed by atoms with Crippen LogP contribution in [0.2, 0.25) is 5.02 Å². The molecule has 5 rings (SSSR count). The normalized spacial score (nSPS) is 16.5. The fourth-order valence-electron chi connectivity index (χ4n) is 3.72. The molecule has 1 amide bonds. The number of oxazole rings is 1. The summed E-state index contributed by atoms with van der Waals surface area (Å²) in [5, 5.41) is 3.71. The zero-order valence-corrected chi connectivity index (χ0v) is 21.3. The summed E-state index contributed by atoms with van der Waals surface area (Å²) in [5.41, 5.74) is 3.36. The molecule has 1 N–H and O–H groups in total. The van der Waals surface area contributed by atoms with Gasteiger partial charge in [-0.25, -0.2) is 8.10 Å². The van der Waals surface area contributed by atoms with Gasteiger partial charge in [-0.1, -0.05) is 35.9 Å². The van der Waals surface area contributed by atoms with Crippen molar-refractivity contribution in [3.63, 3.8) is 0 Å². The Morgan fingerprint density at radius 3 is 2.85 bits per heavy atom. The average Bonchev–Trinajstić information content (AvgIpc) is 3.55. The number of benzene rings is 2. The Kier molecular flexibility index (Phi) is 6.91. The quantitative estimate of drug-likeness (QED) is 0.237. The van der Waals surface area contributed by atoms with E-state index in [2.05, 4.69) is 36.3 Å². The van der Waals surface area contributed by atoms with Crippen LogP contribution in [0.15, 0.2) is 59.3 Å². The fourth-order valence-corrected chi connectivity index (χ4v) is 6.16. The number of halogens is 2.